The summed E-state index contributed by atoms with van der Waals surface area (Å²) in [7, 11) is 1.63. The highest BCUT2D eigenvalue weighted by Crippen LogP contribution is 2.40. The van der Waals surface area contributed by atoms with Crippen LogP contribution < -0.4 is 14.8 Å². The Hall–Kier alpha value is -2.87. The van der Waals surface area contributed by atoms with Gasteiger partial charge in [-0.15, -0.1) is 11.3 Å². The summed E-state index contributed by atoms with van der Waals surface area (Å²) in [5, 5.41) is 5.30. The molecule has 3 aliphatic rings. The van der Waals surface area contributed by atoms with Gasteiger partial charge in [0, 0.05) is 35.7 Å². The van der Waals surface area contributed by atoms with Crippen LogP contribution in [-0.4, -0.2) is 41.4 Å². The Kier molecular flexibility index (Phi) is 5.87. The largest absolute Gasteiger partial charge is 0.496 e. The van der Waals surface area contributed by atoms with E-state index in [2.05, 4.69) is 10.3 Å². The van der Waals surface area contributed by atoms with E-state index >= 15 is 0 Å². The number of nitrogens with zero attached hydrogens (tertiary/aromatic N) is 2. The third-order valence-corrected chi connectivity index (χ3v) is 7.36. The fourth-order valence-corrected chi connectivity index (χ4v) is 5.58. The van der Waals surface area contributed by atoms with E-state index in [1.165, 1.54) is 30.6 Å². The molecule has 7 nitrogen and oxygen atoms in total. The molecule has 2 aromatic rings. The predicted molar refractivity (Wildman–Crippen MR) is 122 cm³/mol. The number of carbonyl (C=O) groups is 2. The topological polar surface area (TPSA) is 80.8 Å². The van der Waals surface area contributed by atoms with Crippen LogP contribution in [0.15, 0.2) is 41.1 Å². The molecule has 0 bridgehead atoms. The second-order valence-corrected chi connectivity index (χ2v) is 9.56. The van der Waals surface area contributed by atoms with Gasteiger partial charge in [-0.3, -0.25) is 9.59 Å². The minimum atomic E-state index is -0.547. The standard InChI is InChI=1S/C24H27N3O4S/c1-30-19-8-5-9-20-17(19)13-16-14-27(23(29)21(16)31-20)18(12-15-6-3-2-4-7-15)22(28)26-24-25-10-11-32-24/h5,8-11,15,18H,2-4,6-7,12-14H2,1H3,(H,25,26,28). The molecular weight excluding hydrogens is 426 g/mol. The van der Waals surface area contributed by atoms with Gasteiger partial charge in [0.1, 0.15) is 17.5 Å². The number of methoxy groups -OCH3 is 1. The molecule has 2 amide bonds. The molecule has 1 atom stereocenters. The van der Waals surface area contributed by atoms with Crippen molar-refractivity contribution in [2.75, 3.05) is 19.0 Å². The lowest BCUT2D eigenvalue weighted by molar-refractivity contribution is -0.135. The van der Waals surface area contributed by atoms with E-state index in [1.54, 1.807) is 18.2 Å². The molecule has 0 spiro atoms. The maximum absolute atomic E-state index is 13.4. The van der Waals surface area contributed by atoms with Crippen LogP contribution in [0, 0.1) is 5.92 Å². The Morgan fingerprint density at radius 2 is 2.19 bits per heavy atom. The molecule has 0 saturated heterocycles. The number of anilines is 1. The van der Waals surface area contributed by atoms with Crippen molar-refractivity contribution in [1.82, 2.24) is 9.88 Å². The van der Waals surface area contributed by atoms with Gasteiger partial charge in [-0.05, 0) is 24.5 Å². The van der Waals surface area contributed by atoms with E-state index in [1.807, 2.05) is 23.6 Å². The summed E-state index contributed by atoms with van der Waals surface area (Å²) >= 11 is 1.38. The maximum atomic E-state index is 13.4. The van der Waals surface area contributed by atoms with Gasteiger partial charge in [-0.2, -0.15) is 0 Å². The van der Waals surface area contributed by atoms with Gasteiger partial charge in [0.05, 0.1) is 7.11 Å². The normalized spacial score (nSPS) is 19.3. The van der Waals surface area contributed by atoms with E-state index in [4.69, 9.17) is 9.47 Å². The summed E-state index contributed by atoms with van der Waals surface area (Å²) in [5.41, 5.74) is 1.85. The number of aromatic nitrogens is 1. The lowest BCUT2D eigenvalue weighted by Gasteiger charge is -2.31. The van der Waals surface area contributed by atoms with E-state index in [0.29, 0.717) is 41.9 Å². The molecule has 8 heteroatoms. The third kappa shape index (κ3) is 3.99. The molecule has 2 aliphatic heterocycles. The number of hydrogen-bond donors (Lipinski definition) is 1. The van der Waals surface area contributed by atoms with E-state index in [-0.39, 0.29) is 11.8 Å². The van der Waals surface area contributed by atoms with E-state index in [0.717, 1.165) is 29.7 Å². The van der Waals surface area contributed by atoms with Crippen LogP contribution in [0.4, 0.5) is 5.13 Å². The molecule has 5 rings (SSSR count). The Balaban J connectivity index is 1.38. The Morgan fingerprint density at radius 1 is 1.34 bits per heavy atom. The molecule has 1 N–H and O–H groups in total. The average Bonchev–Trinajstić information content (AvgIpc) is 3.44. The van der Waals surface area contributed by atoms with E-state index < -0.39 is 6.04 Å². The summed E-state index contributed by atoms with van der Waals surface area (Å²) in [4.78, 5) is 32.6. The van der Waals surface area contributed by atoms with Crippen LogP contribution in [-0.2, 0) is 16.0 Å². The summed E-state index contributed by atoms with van der Waals surface area (Å²) in [5.74, 6) is 1.83. The minimum Gasteiger partial charge on any atom is -0.496 e. The van der Waals surface area contributed by atoms with Crippen molar-refractivity contribution in [3.63, 3.8) is 0 Å². The van der Waals surface area contributed by atoms with Crippen LogP contribution in [0.25, 0.3) is 0 Å². The molecule has 1 unspecified atom stereocenters. The van der Waals surface area contributed by atoms with Gasteiger partial charge >= 0.3 is 0 Å². The Labute approximate surface area is 191 Å². The highest BCUT2D eigenvalue weighted by atomic mass is 32.1. The Morgan fingerprint density at radius 3 is 2.94 bits per heavy atom. The molecule has 1 aromatic carbocycles. The number of amides is 2. The first-order chi connectivity index (χ1) is 15.6. The molecular formula is C24H27N3O4S. The first-order valence-electron chi connectivity index (χ1n) is 11.2. The van der Waals surface area contributed by atoms with Crippen LogP contribution in [0.2, 0.25) is 0 Å². The van der Waals surface area contributed by atoms with Gasteiger partial charge in [0.2, 0.25) is 5.91 Å². The van der Waals surface area contributed by atoms with Crippen LogP contribution in [0.3, 0.4) is 0 Å². The number of carbonyl (C=O) groups excluding carboxylic acids is 2. The van der Waals surface area contributed by atoms with Crippen molar-refractivity contribution in [2.24, 2.45) is 5.92 Å². The highest BCUT2D eigenvalue weighted by Gasteiger charge is 2.42. The number of rotatable bonds is 6. The van der Waals surface area contributed by atoms with Crippen molar-refractivity contribution in [1.29, 1.82) is 0 Å². The zero-order valence-corrected chi connectivity index (χ0v) is 19.0. The number of hydrogen-bond acceptors (Lipinski definition) is 6. The summed E-state index contributed by atoms with van der Waals surface area (Å²) in [6, 6.07) is 5.06. The fraction of sp³-hybridized carbons (Fsp3) is 0.458. The second-order valence-electron chi connectivity index (χ2n) is 8.66. The number of fused-ring (bicyclic) bond motifs is 1. The summed E-state index contributed by atoms with van der Waals surface area (Å²) in [6.45, 7) is 0.397. The van der Waals surface area contributed by atoms with Crippen molar-refractivity contribution >= 4 is 28.3 Å². The number of ether oxygens (including phenoxy) is 2. The molecule has 168 valence electrons. The lowest BCUT2D eigenvalue weighted by atomic mass is 9.84. The average molecular weight is 454 g/mol. The van der Waals surface area contributed by atoms with Gasteiger partial charge in [-0.1, -0.05) is 38.2 Å². The first kappa shape index (κ1) is 21.0. The number of nitrogens with one attached hydrogen (secondary N) is 1. The van der Waals surface area contributed by atoms with Crippen molar-refractivity contribution in [3.05, 3.63) is 46.7 Å². The Bertz CT molecular complexity index is 1040. The maximum Gasteiger partial charge on any atom is 0.290 e. The minimum absolute atomic E-state index is 0.172. The zero-order valence-electron chi connectivity index (χ0n) is 18.1. The predicted octanol–water partition coefficient (Wildman–Crippen LogP) is 4.16. The van der Waals surface area contributed by atoms with Crippen molar-refractivity contribution < 1.29 is 19.1 Å². The molecule has 0 radical (unpaired) electrons. The molecule has 1 saturated carbocycles. The lowest BCUT2D eigenvalue weighted by Crippen LogP contribution is -2.47. The van der Waals surface area contributed by atoms with Crippen LogP contribution in [0.5, 0.6) is 11.5 Å². The zero-order chi connectivity index (χ0) is 22.1. The monoisotopic (exact) mass is 453 g/mol. The number of benzene rings is 1. The summed E-state index contributed by atoms with van der Waals surface area (Å²) < 4.78 is 11.5. The number of thiazole rings is 1. The molecule has 1 aliphatic carbocycles. The highest BCUT2D eigenvalue weighted by molar-refractivity contribution is 7.13. The SMILES string of the molecule is COc1cccc2c1CC1=C(O2)C(=O)N(C(CC2CCCCC2)C(=O)Nc2nccs2)C1. The van der Waals surface area contributed by atoms with Crippen LogP contribution in [0.1, 0.15) is 44.1 Å². The molecule has 1 fully saturated rings. The smallest absolute Gasteiger partial charge is 0.290 e. The quantitative estimate of drug-likeness (QED) is 0.710. The molecule has 3 heterocycles. The first-order valence-corrected chi connectivity index (χ1v) is 12.1. The third-order valence-electron chi connectivity index (χ3n) is 6.67. The van der Waals surface area contributed by atoms with Crippen molar-refractivity contribution in [2.45, 2.75) is 51.0 Å². The molecule has 32 heavy (non-hydrogen) atoms. The second kappa shape index (κ2) is 8.94. The van der Waals surface area contributed by atoms with E-state index in [9.17, 15) is 9.59 Å². The summed E-state index contributed by atoms with van der Waals surface area (Å²) in [6.07, 6.45) is 8.75. The molecule has 1 aromatic heterocycles. The van der Waals surface area contributed by atoms with Crippen LogP contribution >= 0.6 is 11.3 Å². The van der Waals surface area contributed by atoms with Gasteiger partial charge < -0.3 is 19.7 Å². The van der Waals surface area contributed by atoms with Gasteiger partial charge in [-0.25, -0.2) is 4.98 Å². The van der Waals surface area contributed by atoms with Gasteiger partial charge in [0.15, 0.2) is 10.9 Å². The van der Waals surface area contributed by atoms with Gasteiger partial charge in [0.25, 0.3) is 5.91 Å². The fourth-order valence-electron chi connectivity index (χ4n) is 5.05. The van der Waals surface area contributed by atoms with Crippen molar-refractivity contribution in [3.8, 4) is 11.5 Å².